The Kier molecular flexibility index (Phi) is 4.53. The smallest absolute Gasteiger partial charge is 0.257 e. The van der Waals surface area contributed by atoms with Crippen molar-refractivity contribution in [1.29, 1.82) is 0 Å². The molecule has 25 heavy (non-hydrogen) atoms. The van der Waals surface area contributed by atoms with Crippen LogP contribution in [0, 0.1) is 0 Å². The minimum absolute atomic E-state index is 0.147. The highest BCUT2D eigenvalue weighted by molar-refractivity contribution is 5.95. The average Bonchev–Trinajstić information content (AvgIpc) is 3.12. The summed E-state index contributed by atoms with van der Waals surface area (Å²) in [6.07, 6.45) is 6.90. The van der Waals surface area contributed by atoms with Crippen molar-refractivity contribution in [3.63, 3.8) is 0 Å². The fraction of sp³-hybridized carbons (Fsp3) is 0.526. The van der Waals surface area contributed by atoms with Gasteiger partial charge in [0.05, 0.1) is 23.1 Å². The van der Waals surface area contributed by atoms with Gasteiger partial charge in [-0.3, -0.25) is 19.4 Å². The van der Waals surface area contributed by atoms with Crippen molar-refractivity contribution in [1.82, 2.24) is 24.6 Å². The molecule has 1 amide bonds. The second-order valence-electron chi connectivity index (χ2n) is 6.94. The molecule has 2 aromatic heterocycles. The largest absolute Gasteiger partial charge is 0.336 e. The molecule has 0 spiro atoms. The Morgan fingerprint density at radius 3 is 2.72 bits per heavy atom. The van der Waals surface area contributed by atoms with E-state index in [-0.39, 0.29) is 11.9 Å². The third-order valence-corrected chi connectivity index (χ3v) is 5.48. The van der Waals surface area contributed by atoms with Gasteiger partial charge in [0, 0.05) is 45.0 Å². The monoisotopic (exact) mass is 339 g/mol. The summed E-state index contributed by atoms with van der Waals surface area (Å²) in [5.74, 6) is 0.147. The van der Waals surface area contributed by atoms with Gasteiger partial charge in [0.25, 0.3) is 5.91 Å². The molecular formula is C19H25N5O. The summed E-state index contributed by atoms with van der Waals surface area (Å²) >= 11 is 0. The van der Waals surface area contributed by atoms with Crippen LogP contribution in [0.2, 0.25) is 0 Å². The van der Waals surface area contributed by atoms with E-state index in [4.69, 9.17) is 0 Å². The average molecular weight is 339 g/mol. The van der Waals surface area contributed by atoms with Crippen LogP contribution in [0.5, 0.6) is 0 Å². The third-order valence-electron chi connectivity index (χ3n) is 5.48. The molecule has 0 aliphatic carbocycles. The Balaban J connectivity index is 1.40. The van der Waals surface area contributed by atoms with Gasteiger partial charge in [-0.25, -0.2) is 0 Å². The molecule has 2 aliphatic rings. The van der Waals surface area contributed by atoms with E-state index in [1.807, 2.05) is 27.9 Å². The number of aryl methyl sites for hydroxylation is 1. The number of carbonyl (C=O) groups is 1. The zero-order valence-electron chi connectivity index (χ0n) is 14.8. The molecule has 132 valence electrons. The number of nitrogens with zero attached hydrogens (tertiary/aromatic N) is 5. The number of pyridine rings is 1. The number of amides is 1. The first kappa shape index (κ1) is 16.3. The van der Waals surface area contributed by atoms with E-state index in [9.17, 15) is 4.79 Å². The molecule has 0 N–H and O–H groups in total. The Labute approximate surface area is 148 Å². The number of hydrogen-bond acceptors (Lipinski definition) is 4. The van der Waals surface area contributed by atoms with E-state index < -0.39 is 0 Å². The molecule has 1 atom stereocenters. The van der Waals surface area contributed by atoms with Crippen molar-refractivity contribution in [2.75, 3.05) is 26.2 Å². The number of hydrogen-bond donors (Lipinski definition) is 0. The Morgan fingerprint density at radius 2 is 1.96 bits per heavy atom. The molecule has 4 heterocycles. The van der Waals surface area contributed by atoms with Crippen molar-refractivity contribution in [2.45, 2.75) is 38.8 Å². The van der Waals surface area contributed by atoms with Crippen LogP contribution in [0.25, 0.3) is 0 Å². The lowest BCUT2D eigenvalue weighted by molar-refractivity contribution is 0.0577. The minimum atomic E-state index is 0.147. The van der Waals surface area contributed by atoms with E-state index in [0.717, 1.165) is 68.9 Å². The highest BCUT2D eigenvalue weighted by Crippen LogP contribution is 2.22. The first-order chi connectivity index (χ1) is 12.2. The van der Waals surface area contributed by atoms with Gasteiger partial charge >= 0.3 is 0 Å². The Hall–Kier alpha value is -2.21. The van der Waals surface area contributed by atoms with E-state index >= 15 is 0 Å². The molecule has 2 aliphatic heterocycles. The van der Waals surface area contributed by atoms with Gasteiger partial charge in [0.1, 0.15) is 0 Å². The van der Waals surface area contributed by atoms with Crippen LogP contribution in [0.15, 0.2) is 30.6 Å². The van der Waals surface area contributed by atoms with Gasteiger partial charge < -0.3 is 4.90 Å². The standard InChI is InChI=1S/C19H25N5O/c1-15(17-6-2-4-8-20-17)22-10-12-23(13-11-22)19(25)16-14-21-24-9-5-3-7-18(16)24/h2,4,6,8,14-15H,3,5,7,9-13H2,1H3. The van der Waals surface area contributed by atoms with Gasteiger partial charge in [-0.1, -0.05) is 6.07 Å². The molecule has 6 nitrogen and oxygen atoms in total. The highest BCUT2D eigenvalue weighted by Gasteiger charge is 2.28. The lowest BCUT2D eigenvalue weighted by atomic mass is 10.1. The topological polar surface area (TPSA) is 54.3 Å². The van der Waals surface area contributed by atoms with Crippen LogP contribution >= 0.6 is 0 Å². The molecule has 1 fully saturated rings. The number of piperazine rings is 1. The maximum absolute atomic E-state index is 12.9. The van der Waals surface area contributed by atoms with Crippen molar-refractivity contribution >= 4 is 5.91 Å². The van der Waals surface area contributed by atoms with Crippen molar-refractivity contribution < 1.29 is 4.79 Å². The summed E-state index contributed by atoms with van der Waals surface area (Å²) in [7, 11) is 0. The van der Waals surface area contributed by atoms with Crippen molar-refractivity contribution in [2.24, 2.45) is 0 Å². The second kappa shape index (κ2) is 6.96. The predicted octanol–water partition coefficient (Wildman–Crippen LogP) is 2.13. The predicted molar refractivity (Wildman–Crippen MR) is 95.3 cm³/mol. The SMILES string of the molecule is CC(c1ccccn1)N1CCN(C(=O)c2cnn3c2CCCC3)CC1. The van der Waals surface area contributed by atoms with Gasteiger partial charge in [0.15, 0.2) is 0 Å². The lowest BCUT2D eigenvalue weighted by Crippen LogP contribution is -2.49. The van der Waals surface area contributed by atoms with E-state index in [1.54, 1.807) is 6.20 Å². The number of rotatable bonds is 3. The first-order valence-electron chi connectivity index (χ1n) is 9.23. The van der Waals surface area contributed by atoms with E-state index in [0.29, 0.717) is 0 Å². The fourth-order valence-electron chi connectivity index (χ4n) is 3.89. The zero-order valence-corrected chi connectivity index (χ0v) is 14.8. The van der Waals surface area contributed by atoms with Crippen LogP contribution in [0.3, 0.4) is 0 Å². The van der Waals surface area contributed by atoms with Crippen LogP contribution in [-0.2, 0) is 13.0 Å². The molecule has 0 radical (unpaired) electrons. The summed E-state index contributed by atoms with van der Waals surface area (Å²) < 4.78 is 2.01. The molecule has 1 saturated heterocycles. The van der Waals surface area contributed by atoms with Gasteiger partial charge in [-0.2, -0.15) is 5.10 Å². The van der Waals surface area contributed by atoms with Gasteiger partial charge in [0.2, 0.25) is 0 Å². The van der Waals surface area contributed by atoms with Crippen LogP contribution in [0.1, 0.15) is 47.6 Å². The molecule has 6 heteroatoms. The molecule has 0 aromatic carbocycles. The number of fused-ring (bicyclic) bond motifs is 1. The Morgan fingerprint density at radius 1 is 1.12 bits per heavy atom. The zero-order chi connectivity index (χ0) is 17.2. The van der Waals surface area contributed by atoms with Crippen LogP contribution < -0.4 is 0 Å². The maximum atomic E-state index is 12.9. The normalized spacial score (nSPS) is 19.5. The Bertz CT molecular complexity index is 734. The van der Waals surface area contributed by atoms with Crippen LogP contribution in [-0.4, -0.2) is 56.7 Å². The minimum Gasteiger partial charge on any atom is -0.336 e. The summed E-state index contributed by atoms with van der Waals surface area (Å²) in [5.41, 5.74) is 3.03. The molecule has 0 bridgehead atoms. The number of aromatic nitrogens is 3. The maximum Gasteiger partial charge on any atom is 0.257 e. The lowest BCUT2D eigenvalue weighted by Gasteiger charge is -2.37. The van der Waals surface area contributed by atoms with Crippen molar-refractivity contribution in [3.8, 4) is 0 Å². The van der Waals surface area contributed by atoms with Crippen molar-refractivity contribution in [3.05, 3.63) is 47.5 Å². The summed E-state index contributed by atoms with van der Waals surface area (Å²) in [5, 5.41) is 4.41. The molecule has 4 rings (SSSR count). The first-order valence-corrected chi connectivity index (χ1v) is 9.23. The molecular weight excluding hydrogens is 314 g/mol. The molecule has 0 saturated carbocycles. The summed E-state index contributed by atoms with van der Waals surface area (Å²) in [6.45, 7) is 6.42. The van der Waals surface area contributed by atoms with Gasteiger partial charge in [-0.05, 0) is 38.3 Å². The molecule has 2 aromatic rings. The van der Waals surface area contributed by atoms with E-state index in [1.165, 1.54) is 0 Å². The van der Waals surface area contributed by atoms with Crippen LogP contribution in [0.4, 0.5) is 0 Å². The fourth-order valence-corrected chi connectivity index (χ4v) is 3.89. The second-order valence-corrected chi connectivity index (χ2v) is 6.94. The van der Waals surface area contributed by atoms with Gasteiger partial charge in [-0.15, -0.1) is 0 Å². The highest BCUT2D eigenvalue weighted by atomic mass is 16.2. The molecule has 1 unspecified atom stereocenters. The summed E-state index contributed by atoms with van der Waals surface area (Å²) in [6, 6.07) is 6.32. The summed E-state index contributed by atoms with van der Waals surface area (Å²) in [4.78, 5) is 21.8. The quantitative estimate of drug-likeness (QED) is 0.860. The number of carbonyl (C=O) groups excluding carboxylic acids is 1. The van der Waals surface area contributed by atoms with E-state index in [2.05, 4.69) is 28.0 Å². The third kappa shape index (κ3) is 3.18.